The Morgan fingerprint density at radius 2 is 2.00 bits per heavy atom. The first-order chi connectivity index (χ1) is 9.94. The van der Waals surface area contributed by atoms with Gasteiger partial charge >= 0.3 is 0 Å². The maximum atomic E-state index is 12.5. The number of sulfonamides is 1. The second-order valence-electron chi connectivity index (χ2n) is 5.85. The predicted octanol–water partition coefficient (Wildman–Crippen LogP) is 3.25. The van der Waals surface area contributed by atoms with Gasteiger partial charge in [-0.15, -0.1) is 0 Å². The number of benzene rings is 1. The van der Waals surface area contributed by atoms with Crippen molar-refractivity contribution in [1.29, 1.82) is 0 Å². The lowest BCUT2D eigenvalue weighted by Crippen LogP contribution is -2.40. The molecule has 21 heavy (non-hydrogen) atoms. The van der Waals surface area contributed by atoms with Crippen molar-refractivity contribution in [1.82, 2.24) is 4.72 Å². The molecule has 1 aromatic carbocycles. The number of rotatable bonds is 5. The van der Waals surface area contributed by atoms with E-state index >= 15 is 0 Å². The van der Waals surface area contributed by atoms with Crippen LogP contribution in [0.15, 0.2) is 23.1 Å². The fourth-order valence-corrected chi connectivity index (χ4v) is 4.33. The minimum absolute atomic E-state index is 0.0515. The number of aryl methyl sites for hydroxylation is 1. The molecule has 0 bridgehead atoms. The topological polar surface area (TPSA) is 55.4 Å². The molecule has 0 aromatic heterocycles. The Bertz CT molecular complexity index is 583. The highest BCUT2D eigenvalue weighted by Gasteiger charge is 2.26. The molecular weight excluding hydrogens is 286 g/mol. The van der Waals surface area contributed by atoms with E-state index in [1.54, 1.807) is 18.2 Å². The highest BCUT2D eigenvalue weighted by Crippen LogP contribution is 2.26. The standard InChI is InChI=1S/C16H25NO3S/c1-4-20-16-10-9-14(11-13(16)3)21(18,19)17-15-8-6-5-7-12(15)2/h9-12,15,17H,4-8H2,1-3H3. The van der Waals surface area contributed by atoms with Crippen molar-refractivity contribution in [3.63, 3.8) is 0 Å². The van der Waals surface area contributed by atoms with Gasteiger partial charge < -0.3 is 4.74 Å². The summed E-state index contributed by atoms with van der Waals surface area (Å²) in [7, 11) is -3.45. The van der Waals surface area contributed by atoms with E-state index in [4.69, 9.17) is 4.74 Å². The molecule has 2 rings (SSSR count). The molecule has 1 aliphatic rings. The summed E-state index contributed by atoms with van der Waals surface area (Å²) in [6.45, 7) is 6.48. The summed E-state index contributed by atoms with van der Waals surface area (Å²) in [4.78, 5) is 0.321. The van der Waals surface area contributed by atoms with E-state index in [0.29, 0.717) is 17.4 Å². The van der Waals surface area contributed by atoms with Gasteiger partial charge in [0.1, 0.15) is 5.75 Å². The lowest BCUT2D eigenvalue weighted by Gasteiger charge is -2.29. The van der Waals surface area contributed by atoms with Gasteiger partial charge in [0.15, 0.2) is 0 Å². The van der Waals surface area contributed by atoms with Crippen molar-refractivity contribution in [3.05, 3.63) is 23.8 Å². The van der Waals surface area contributed by atoms with Crippen molar-refractivity contribution in [2.75, 3.05) is 6.61 Å². The molecule has 1 aromatic rings. The minimum Gasteiger partial charge on any atom is -0.494 e. The fraction of sp³-hybridized carbons (Fsp3) is 0.625. The van der Waals surface area contributed by atoms with Crippen molar-refractivity contribution in [3.8, 4) is 5.75 Å². The first-order valence-electron chi connectivity index (χ1n) is 7.70. The van der Waals surface area contributed by atoms with E-state index in [-0.39, 0.29) is 6.04 Å². The van der Waals surface area contributed by atoms with Crippen LogP contribution in [0.25, 0.3) is 0 Å². The van der Waals surface area contributed by atoms with Gasteiger partial charge in [0.25, 0.3) is 0 Å². The third-order valence-electron chi connectivity index (χ3n) is 4.17. The Morgan fingerprint density at radius 3 is 2.62 bits per heavy atom. The van der Waals surface area contributed by atoms with Crippen LogP contribution in [-0.2, 0) is 10.0 Å². The largest absolute Gasteiger partial charge is 0.494 e. The van der Waals surface area contributed by atoms with E-state index in [2.05, 4.69) is 11.6 Å². The van der Waals surface area contributed by atoms with Crippen LogP contribution in [0.5, 0.6) is 5.75 Å². The molecule has 0 amide bonds. The van der Waals surface area contributed by atoms with E-state index < -0.39 is 10.0 Å². The average Bonchev–Trinajstić information content (AvgIpc) is 2.43. The Kier molecular flexibility index (Phi) is 5.27. The van der Waals surface area contributed by atoms with Gasteiger partial charge in [0, 0.05) is 6.04 Å². The van der Waals surface area contributed by atoms with E-state index in [1.165, 1.54) is 6.42 Å². The second kappa shape index (κ2) is 6.79. The monoisotopic (exact) mass is 311 g/mol. The molecule has 2 atom stereocenters. The summed E-state index contributed by atoms with van der Waals surface area (Å²) in [5.74, 6) is 1.14. The molecule has 0 heterocycles. The lowest BCUT2D eigenvalue weighted by atomic mass is 9.87. The normalized spacial score (nSPS) is 23.0. The summed E-state index contributed by atoms with van der Waals surface area (Å²) in [5, 5.41) is 0. The van der Waals surface area contributed by atoms with Gasteiger partial charge in [0.05, 0.1) is 11.5 Å². The van der Waals surface area contributed by atoms with Crippen LogP contribution in [0.2, 0.25) is 0 Å². The predicted molar refractivity (Wildman–Crippen MR) is 84.1 cm³/mol. The first-order valence-corrected chi connectivity index (χ1v) is 9.18. The molecule has 0 radical (unpaired) electrons. The Balaban J connectivity index is 2.17. The zero-order valence-electron chi connectivity index (χ0n) is 13.1. The third kappa shape index (κ3) is 3.98. The second-order valence-corrected chi connectivity index (χ2v) is 7.56. The van der Waals surface area contributed by atoms with E-state index in [0.717, 1.165) is 30.6 Å². The molecule has 1 saturated carbocycles. The van der Waals surface area contributed by atoms with Gasteiger partial charge in [-0.2, -0.15) is 0 Å². The molecule has 2 unspecified atom stereocenters. The molecule has 118 valence electrons. The Hall–Kier alpha value is -1.07. The quantitative estimate of drug-likeness (QED) is 0.908. The molecular formula is C16H25NO3S. The molecule has 0 spiro atoms. The molecule has 0 saturated heterocycles. The van der Waals surface area contributed by atoms with Gasteiger partial charge in [-0.05, 0) is 56.4 Å². The Morgan fingerprint density at radius 1 is 1.29 bits per heavy atom. The fourth-order valence-electron chi connectivity index (χ4n) is 2.87. The highest BCUT2D eigenvalue weighted by atomic mass is 32.2. The summed E-state index contributed by atoms with van der Waals surface area (Å²) < 4.78 is 33.4. The van der Waals surface area contributed by atoms with Crippen molar-refractivity contribution >= 4 is 10.0 Å². The summed E-state index contributed by atoms with van der Waals surface area (Å²) >= 11 is 0. The van der Waals surface area contributed by atoms with Crippen LogP contribution in [0.4, 0.5) is 0 Å². The zero-order chi connectivity index (χ0) is 15.5. The average molecular weight is 311 g/mol. The molecule has 1 N–H and O–H groups in total. The maximum Gasteiger partial charge on any atom is 0.240 e. The van der Waals surface area contributed by atoms with Crippen LogP contribution >= 0.6 is 0 Å². The number of hydrogen-bond donors (Lipinski definition) is 1. The number of hydrogen-bond acceptors (Lipinski definition) is 3. The lowest BCUT2D eigenvalue weighted by molar-refractivity contribution is 0.310. The number of ether oxygens (including phenoxy) is 1. The van der Waals surface area contributed by atoms with Gasteiger partial charge in [0.2, 0.25) is 10.0 Å². The first kappa shape index (κ1) is 16.3. The minimum atomic E-state index is -3.45. The number of nitrogens with one attached hydrogen (secondary N) is 1. The SMILES string of the molecule is CCOc1ccc(S(=O)(=O)NC2CCCCC2C)cc1C. The summed E-state index contributed by atoms with van der Waals surface area (Å²) in [5.41, 5.74) is 0.844. The van der Waals surface area contributed by atoms with Crippen molar-refractivity contribution in [2.24, 2.45) is 5.92 Å². The zero-order valence-corrected chi connectivity index (χ0v) is 13.9. The van der Waals surface area contributed by atoms with E-state index in [1.807, 2.05) is 13.8 Å². The van der Waals surface area contributed by atoms with Crippen LogP contribution in [-0.4, -0.2) is 21.1 Å². The van der Waals surface area contributed by atoms with Gasteiger partial charge in [-0.1, -0.05) is 19.8 Å². The van der Waals surface area contributed by atoms with Crippen LogP contribution in [0, 0.1) is 12.8 Å². The van der Waals surface area contributed by atoms with Crippen LogP contribution in [0.1, 0.15) is 45.1 Å². The van der Waals surface area contributed by atoms with Crippen molar-refractivity contribution in [2.45, 2.75) is 57.4 Å². The molecule has 4 nitrogen and oxygen atoms in total. The van der Waals surface area contributed by atoms with Gasteiger partial charge in [-0.25, -0.2) is 13.1 Å². The highest BCUT2D eigenvalue weighted by molar-refractivity contribution is 7.89. The summed E-state index contributed by atoms with van der Waals surface area (Å²) in [6.07, 6.45) is 4.31. The third-order valence-corrected chi connectivity index (χ3v) is 5.66. The van der Waals surface area contributed by atoms with E-state index in [9.17, 15) is 8.42 Å². The van der Waals surface area contributed by atoms with Crippen LogP contribution < -0.4 is 9.46 Å². The van der Waals surface area contributed by atoms with Crippen molar-refractivity contribution < 1.29 is 13.2 Å². The smallest absolute Gasteiger partial charge is 0.240 e. The molecule has 5 heteroatoms. The maximum absolute atomic E-state index is 12.5. The van der Waals surface area contributed by atoms with Gasteiger partial charge in [-0.3, -0.25) is 0 Å². The molecule has 1 aliphatic carbocycles. The summed E-state index contributed by atoms with van der Waals surface area (Å²) in [6, 6.07) is 5.09. The van der Waals surface area contributed by atoms with Crippen LogP contribution in [0.3, 0.4) is 0 Å². The molecule has 0 aliphatic heterocycles. The molecule has 1 fully saturated rings. The Labute approximate surface area is 127 Å².